The van der Waals surface area contributed by atoms with Crippen molar-refractivity contribution in [2.24, 2.45) is 10.4 Å². The van der Waals surface area contributed by atoms with Crippen LogP contribution in [0.1, 0.15) is 46.0 Å². The van der Waals surface area contributed by atoms with E-state index in [1.54, 1.807) is 11.8 Å². The normalized spacial score (nSPS) is 23.6. The van der Waals surface area contributed by atoms with Crippen LogP contribution in [0.15, 0.2) is 4.99 Å². The van der Waals surface area contributed by atoms with Gasteiger partial charge in [0.2, 0.25) is 0 Å². The molecule has 1 atom stereocenters. The molecule has 5 heteroatoms. The molecule has 1 saturated carbocycles. The van der Waals surface area contributed by atoms with Gasteiger partial charge in [-0.3, -0.25) is 4.99 Å². The topological polar surface area (TPSA) is 50.7 Å². The van der Waals surface area contributed by atoms with Gasteiger partial charge in [-0.15, -0.1) is 0 Å². The fourth-order valence-corrected chi connectivity index (χ4v) is 3.99. The summed E-state index contributed by atoms with van der Waals surface area (Å²) in [5.74, 6) is 0.928. The average Bonchev–Trinajstić information content (AvgIpc) is 2.43. The highest BCUT2D eigenvalue weighted by atomic mass is 32.2. The van der Waals surface area contributed by atoms with E-state index in [9.17, 15) is 4.79 Å². The molecule has 19 heavy (non-hydrogen) atoms. The second-order valence-electron chi connectivity index (χ2n) is 5.59. The zero-order valence-corrected chi connectivity index (χ0v) is 12.7. The lowest BCUT2D eigenvalue weighted by Crippen LogP contribution is -2.42. The summed E-state index contributed by atoms with van der Waals surface area (Å²) >= 11 is 1.76. The van der Waals surface area contributed by atoms with E-state index in [1.807, 2.05) is 13.8 Å². The van der Waals surface area contributed by atoms with Crippen molar-refractivity contribution in [3.63, 3.8) is 0 Å². The van der Waals surface area contributed by atoms with Crippen LogP contribution >= 0.6 is 11.8 Å². The van der Waals surface area contributed by atoms with Crippen LogP contribution in [0.5, 0.6) is 0 Å². The number of thioether (sulfide) groups is 1. The molecule has 1 N–H and O–H groups in total. The minimum absolute atomic E-state index is 0.205. The van der Waals surface area contributed by atoms with Crippen LogP contribution in [0.3, 0.4) is 0 Å². The van der Waals surface area contributed by atoms with Crippen molar-refractivity contribution < 1.29 is 9.53 Å². The Hall–Kier alpha value is -0.710. The number of hydrogen-bond acceptors (Lipinski definition) is 5. The number of carbonyl (C=O) groups excluding carboxylic acids is 1. The fraction of sp³-hybridized carbons (Fsp3) is 0.857. The van der Waals surface area contributed by atoms with Crippen molar-refractivity contribution in [3.05, 3.63) is 0 Å². The van der Waals surface area contributed by atoms with Crippen LogP contribution in [0.2, 0.25) is 0 Å². The van der Waals surface area contributed by atoms with E-state index in [0.717, 1.165) is 17.5 Å². The average molecular weight is 284 g/mol. The molecule has 1 fully saturated rings. The predicted molar refractivity (Wildman–Crippen MR) is 79.5 cm³/mol. The molecular formula is C14H24N2O2S. The monoisotopic (exact) mass is 284 g/mol. The molecule has 0 bridgehead atoms. The summed E-state index contributed by atoms with van der Waals surface area (Å²) in [6, 6.07) is -0.313. The molecule has 4 nitrogen and oxygen atoms in total. The second kappa shape index (κ2) is 6.64. The third-order valence-corrected chi connectivity index (χ3v) is 5.24. The van der Waals surface area contributed by atoms with Crippen molar-refractivity contribution in [2.45, 2.75) is 52.0 Å². The largest absolute Gasteiger partial charge is 0.464 e. The number of nitrogens with zero attached hydrogens (tertiary/aromatic N) is 1. The van der Waals surface area contributed by atoms with Gasteiger partial charge in [0.25, 0.3) is 0 Å². The summed E-state index contributed by atoms with van der Waals surface area (Å²) in [5.41, 5.74) is 0.432. The molecule has 1 unspecified atom stereocenters. The number of amidine groups is 1. The standard InChI is InChI=1S/C14H24N2O2S/c1-3-18-12(17)11(2)16-13-15-9-14(10-19-13)7-5-4-6-8-14/h11H,3-10H2,1-2H3,(H,15,16). The Morgan fingerprint density at radius 1 is 1.47 bits per heavy atom. The summed E-state index contributed by atoms with van der Waals surface area (Å²) in [6.45, 7) is 4.99. The van der Waals surface area contributed by atoms with E-state index in [2.05, 4.69) is 10.3 Å². The summed E-state index contributed by atoms with van der Waals surface area (Å²) in [4.78, 5) is 16.2. The van der Waals surface area contributed by atoms with Gasteiger partial charge in [0.1, 0.15) is 6.04 Å². The number of ether oxygens (including phenoxy) is 1. The lowest BCUT2D eigenvalue weighted by molar-refractivity contribution is -0.144. The number of rotatable bonds is 3. The van der Waals surface area contributed by atoms with E-state index >= 15 is 0 Å². The molecular weight excluding hydrogens is 260 g/mol. The molecule has 1 heterocycles. The third-order valence-electron chi connectivity index (χ3n) is 3.97. The maximum Gasteiger partial charge on any atom is 0.328 e. The molecule has 1 aliphatic carbocycles. The van der Waals surface area contributed by atoms with E-state index in [1.165, 1.54) is 32.1 Å². The highest BCUT2D eigenvalue weighted by Crippen LogP contribution is 2.41. The van der Waals surface area contributed by atoms with Gasteiger partial charge in [0.05, 0.1) is 6.61 Å². The number of esters is 1. The van der Waals surface area contributed by atoms with E-state index in [0.29, 0.717) is 12.0 Å². The van der Waals surface area contributed by atoms with Crippen LogP contribution in [-0.2, 0) is 9.53 Å². The summed E-state index contributed by atoms with van der Waals surface area (Å²) < 4.78 is 4.99. The molecule has 0 aromatic heterocycles. The van der Waals surface area contributed by atoms with Crippen molar-refractivity contribution in [1.29, 1.82) is 0 Å². The molecule has 1 aliphatic heterocycles. The fourth-order valence-electron chi connectivity index (χ4n) is 2.76. The van der Waals surface area contributed by atoms with Crippen LogP contribution < -0.4 is 5.32 Å². The minimum Gasteiger partial charge on any atom is -0.464 e. The third kappa shape index (κ3) is 3.88. The molecule has 0 radical (unpaired) electrons. The molecule has 0 amide bonds. The Balaban J connectivity index is 1.85. The van der Waals surface area contributed by atoms with Gasteiger partial charge in [-0.25, -0.2) is 4.79 Å². The quantitative estimate of drug-likeness (QED) is 0.809. The number of carbonyl (C=O) groups is 1. The molecule has 2 aliphatic rings. The Labute approximate surface area is 119 Å². The zero-order valence-electron chi connectivity index (χ0n) is 11.9. The molecule has 0 saturated heterocycles. The smallest absolute Gasteiger partial charge is 0.328 e. The summed E-state index contributed by atoms with van der Waals surface area (Å²) in [7, 11) is 0. The molecule has 108 valence electrons. The predicted octanol–water partition coefficient (Wildman–Crippen LogP) is 2.58. The SMILES string of the molecule is CCOC(=O)C(C)NC1=NCC2(CCCCC2)CS1. The van der Waals surface area contributed by atoms with Crippen LogP contribution in [0.4, 0.5) is 0 Å². The Morgan fingerprint density at radius 3 is 2.79 bits per heavy atom. The van der Waals surface area contributed by atoms with Gasteiger partial charge in [-0.2, -0.15) is 0 Å². The molecule has 0 aromatic carbocycles. The summed E-state index contributed by atoms with van der Waals surface area (Å²) in [6.07, 6.45) is 6.69. The van der Waals surface area contributed by atoms with E-state index in [4.69, 9.17) is 4.74 Å². The van der Waals surface area contributed by atoms with Gasteiger partial charge in [-0.05, 0) is 32.1 Å². The Morgan fingerprint density at radius 2 is 2.21 bits per heavy atom. The highest BCUT2D eigenvalue weighted by Gasteiger charge is 2.35. The first-order chi connectivity index (χ1) is 9.15. The first kappa shape index (κ1) is 14.7. The van der Waals surface area contributed by atoms with Gasteiger partial charge >= 0.3 is 5.97 Å². The molecule has 0 aromatic rings. The first-order valence-corrected chi connectivity index (χ1v) is 8.24. The maximum absolute atomic E-state index is 11.6. The van der Waals surface area contributed by atoms with Crippen molar-refractivity contribution in [2.75, 3.05) is 18.9 Å². The van der Waals surface area contributed by atoms with Gasteiger partial charge in [0, 0.05) is 12.3 Å². The van der Waals surface area contributed by atoms with E-state index < -0.39 is 0 Å². The van der Waals surface area contributed by atoms with Crippen molar-refractivity contribution >= 4 is 22.9 Å². The molecule has 2 rings (SSSR count). The Kier molecular flexibility index (Phi) is 5.13. The van der Waals surface area contributed by atoms with Crippen LogP contribution in [0.25, 0.3) is 0 Å². The second-order valence-corrected chi connectivity index (χ2v) is 6.55. The van der Waals surface area contributed by atoms with Crippen molar-refractivity contribution in [1.82, 2.24) is 5.32 Å². The number of nitrogens with one attached hydrogen (secondary N) is 1. The first-order valence-electron chi connectivity index (χ1n) is 7.26. The van der Waals surface area contributed by atoms with Gasteiger partial charge < -0.3 is 10.1 Å². The minimum atomic E-state index is -0.313. The number of hydrogen-bond donors (Lipinski definition) is 1. The maximum atomic E-state index is 11.6. The van der Waals surface area contributed by atoms with Gasteiger partial charge in [0.15, 0.2) is 5.17 Å². The van der Waals surface area contributed by atoms with Crippen LogP contribution in [-0.4, -0.2) is 36.1 Å². The lowest BCUT2D eigenvalue weighted by Gasteiger charge is -2.38. The Bertz CT molecular complexity index is 351. The van der Waals surface area contributed by atoms with Crippen LogP contribution in [0, 0.1) is 5.41 Å². The highest BCUT2D eigenvalue weighted by molar-refractivity contribution is 8.13. The zero-order chi connectivity index (χ0) is 13.7. The summed E-state index contributed by atoms with van der Waals surface area (Å²) in [5, 5.41) is 4.06. The van der Waals surface area contributed by atoms with Gasteiger partial charge in [-0.1, -0.05) is 31.0 Å². The number of aliphatic imine (C=N–C) groups is 1. The lowest BCUT2D eigenvalue weighted by atomic mass is 9.75. The van der Waals surface area contributed by atoms with Crippen molar-refractivity contribution in [3.8, 4) is 0 Å². The van der Waals surface area contributed by atoms with E-state index in [-0.39, 0.29) is 12.0 Å². The molecule has 1 spiro atoms.